The Hall–Kier alpha value is -1.94. The number of phosphoric acid groups is 2. The third-order valence-corrected chi connectivity index (χ3v) is 24.5. The van der Waals surface area contributed by atoms with E-state index >= 15 is 0 Å². The van der Waals surface area contributed by atoms with E-state index in [0.29, 0.717) is 25.7 Å². The van der Waals surface area contributed by atoms with Crippen molar-refractivity contribution in [3.8, 4) is 0 Å². The number of aliphatic hydroxyl groups is 1. The van der Waals surface area contributed by atoms with Crippen LogP contribution in [0.4, 0.5) is 0 Å². The van der Waals surface area contributed by atoms with Crippen LogP contribution < -0.4 is 0 Å². The van der Waals surface area contributed by atoms with Crippen LogP contribution in [0, 0.1) is 5.92 Å². The summed E-state index contributed by atoms with van der Waals surface area (Å²) in [7, 11) is -9.94. The lowest BCUT2D eigenvalue weighted by Gasteiger charge is -2.21. The summed E-state index contributed by atoms with van der Waals surface area (Å²) in [4.78, 5) is 73.5. The molecule has 0 bridgehead atoms. The number of rotatable bonds is 94. The zero-order valence-corrected chi connectivity index (χ0v) is 76.3. The third-order valence-electron chi connectivity index (χ3n) is 22.6. The fourth-order valence-corrected chi connectivity index (χ4v) is 16.4. The van der Waals surface area contributed by atoms with Crippen LogP contribution in [-0.4, -0.2) is 96.7 Å². The van der Waals surface area contributed by atoms with Gasteiger partial charge in [-0.25, -0.2) is 9.13 Å². The average Bonchev–Trinajstić information content (AvgIpc) is 0.898. The van der Waals surface area contributed by atoms with Gasteiger partial charge in [-0.3, -0.25) is 37.3 Å². The molecule has 19 heteroatoms. The molecule has 0 radical (unpaired) electrons. The lowest BCUT2D eigenvalue weighted by Crippen LogP contribution is -2.30. The Morgan fingerprint density at radius 2 is 0.425 bits per heavy atom. The molecule has 0 saturated heterocycles. The van der Waals surface area contributed by atoms with Crippen molar-refractivity contribution in [2.75, 3.05) is 39.6 Å². The van der Waals surface area contributed by atoms with E-state index in [4.69, 9.17) is 37.0 Å². The number of carbonyl (C=O) groups is 4. The minimum absolute atomic E-state index is 0.110. The van der Waals surface area contributed by atoms with Crippen LogP contribution in [0.25, 0.3) is 0 Å². The van der Waals surface area contributed by atoms with Crippen molar-refractivity contribution in [1.82, 2.24) is 0 Å². The van der Waals surface area contributed by atoms with Crippen molar-refractivity contribution in [1.29, 1.82) is 0 Å². The molecule has 0 aromatic rings. The molecule has 3 N–H and O–H groups in total. The second kappa shape index (κ2) is 86.4. The van der Waals surface area contributed by atoms with Crippen LogP contribution >= 0.6 is 15.6 Å². The smallest absolute Gasteiger partial charge is 0.462 e. The van der Waals surface area contributed by atoms with E-state index in [1.54, 1.807) is 0 Å². The fourth-order valence-electron chi connectivity index (χ4n) is 14.9. The Morgan fingerprint density at radius 1 is 0.248 bits per heavy atom. The highest BCUT2D eigenvalue weighted by Gasteiger charge is 2.31. The Kier molecular flexibility index (Phi) is 85.0. The number of esters is 4. The van der Waals surface area contributed by atoms with Gasteiger partial charge < -0.3 is 33.8 Å². The molecule has 3 unspecified atom stereocenters. The number of unbranched alkanes of at least 4 members (excludes halogenated alkanes) is 65. The number of hydrogen-bond donors (Lipinski definition) is 3. The van der Waals surface area contributed by atoms with E-state index in [1.807, 2.05) is 0 Å². The fraction of sp³-hybridized carbons (Fsp3) is 0.957. The summed E-state index contributed by atoms with van der Waals surface area (Å²) in [5, 5.41) is 10.7. The van der Waals surface area contributed by atoms with Crippen molar-refractivity contribution in [3.63, 3.8) is 0 Å². The molecule has 113 heavy (non-hydrogen) atoms. The van der Waals surface area contributed by atoms with Gasteiger partial charge in [0.05, 0.1) is 26.4 Å². The quantitative estimate of drug-likeness (QED) is 0.0222. The first-order valence-corrected chi connectivity index (χ1v) is 51.7. The van der Waals surface area contributed by atoms with Gasteiger partial charge in [-0.2, -0.15) is 0 Å². The van der Waals surface area contributed by atoms with E-state index in [-0.39, 0.29) is 25.7 Å². The average molecular weight is 1650 g/mol. The van der Waals surface area contributed by atoms with Crippen molar-refractivity contribution in [3.05, 3.63) is 0 Å². The molecule has 17 nitrogen and oxygen atoms in total. The normalized spacial score (nSPS) is 13.9. The largest absolute Gasteiger partial charge is 0.472 e. The SMILES string of the molecule is CCCCCCCCCCCCCCCCCCCCCCC(=O)OC[C@H](COP(=O)(O)OC[C@@H](O)COP(=O)(O)OC[C@@H](COC(=O)CCCCCCCCCCCCC)OC(=O)CCCCCCCCCCCCCCCCCCCCCC)OC(=O)CCCCCCCCCCCCCCCCCCCCC(C)CC. The molecule has 0 aromatic carbocycles. The van der Waals surface area contributed by atoms with Gasteiger partial charge in [0.1, 0.15) is 19.3 Å². The summed E-state index contributed by atoms with van der Waals surface area (Å²) >= 11 is 0. The van der Waals surface area contributed by atoms with E-state index in [9.17, 15) is 43.2 Å². The number of ether oxygens (including phenoxy) is 4. The van der Waals surface area contributed by atoms with Crippen LogP contribution in [0.2, 0.25) is 0 Å². The maximum absolute atomic E-state index is 13.2. The maximum Gasteiger partial charge on any atom is 0.472 e. The van der Waals surface area contributed by atoms with Crippen LogP contribution in [-0.2, 0) is 65.4 Å². The van der Waals surface area contributed by atoms with Crippen LogP contribution in [0.1, 0.15) is 516 Å². The van der Waals surface area contributed by atoms with E-state index in [2.05, 4.69) is 34.6 Å². The van der Waals surface area contributed by atoms with Gasteiger partial charge in [0.25, 0.3) is 0 Å². The highest BCUT2D eigenvalue weighted by molar-refractivity contribution is 7.47. The van der Waals surface area contributed by atoms with Gasteiger partial charge in [0.15, 0.2) is 12.2 Å². The van der Waals surface area contributed by atoms with Crippen LogP contribution in [0.15, 0.2) is 0 Å². The van der Waals surface area contributed by atoms with Gasteiger partial charge in [-0.1, -0.05) is 465 Å². The Bertz CT molecular complexity index is 2140. The molecular weight excluding hydrogens is 1460 g/mol. The molecule has 0 fully saturated rings. The number of hydrogen-bond acceptors (Lipinski definition) is 15. The minimum atomic E-state index is -4.97. The zero-order valence-electron chi connectivity index (χ0n) is 74.5. The van der Waals surface area contributed by atoms with Crippen molar-refractivity contribution < 1.29 is 80.2 Å². The van der Waals surface area contributed by atoms with Crippen molar-refractivity contribution in [2.24, 2.45) is 5.92 Å². The van der Waals surface area contributed by atoms with Crippen molar-refractivity contribution >= 4 is 39.5 Å². The summed E-state index contributed by atoms with van der Waals surface area (Å²) in [6, 6.07) is 0. The standard InChI is InChI=1S/C94H184O17P2/c1-6-10-13-16-19-22-25-27-29-31-33-35-40-44-48-53-58-63-68-73-78-92(97)105-84-90(111-94(99)80-75-70-65-60-55-50-46-42-38-37-39-43-47-52-56-61-66-71-76-87(5)9-4)86-109-113(102,103)107-82-88(95)81-106-112(100,101)108-85-89(83-104-91(96)77-72-67-62-57-51-24-21-18-15-12-8-3)110-93(98)79-74-69-64-59-54-49-45-41-36-34-32-30-28-26-23-20-17-14-11-7-2/h87-90,95H,6-86H2,1-5H3,(H,100,101)(H,102,103)/t87?,88-,89+,90+/m0/s1. The molecule has 0 spiro atoms. The lowest BCUT2D eigenvalue weighted by atomic mass is 9.99. The van der Waals surface area contributed by atoms with Gasteiger partial charge in [-0.15, -0.1) is 0 Å². The monoisotopic (exact) mass is 1650 g/mol. The first-order valence-electron chi connectivity index (χ1n) is 48.7. The van der Waals surface area contributed by atoms with Crippen LogP contribution in [0.3, 0.4) is 0 Å². The Morgan fingerprint density at radius 3 is 0.628 bits per heavy atom. The molecule has 0 aliphatic carbocycles. The Labute approximate surface area is 696 Å². The third kappa shape index (κ3) is 86.3. The molecule has 0 heterocycles. The summed E-state index contributed by atoms with van der Waals surface area (Å²) in [6.45, 7) is 7.48. The van der Waals surface area contributed by atoms with Gasteiger partial charge >= 0.3 is 39.5 Å². The molecule has 0 aliphatic heterocycles. The second-order valence-corrected chi connectivity index (χ2v) is 36.9. The molecule has 0 rings (SSSR count). The Balaban J connectivity index is 5.22. The van der Waals surface area contributed by atoms with E-state index < -0.39 is 97.5 Å². The first kappa shape index (κ1) is 111. The summed E-state index contributed by atoms with van der Waals surface area (Å²) in [5.41, 5.74) is 0. The summed E-state index contributed by atoms with van der Waals surface area (Å²) < 4.78 is 69.2. The van der Waals surface area contributed by atoms with Gasteiger partial charge in [0.2, 0.25) is 0 Å². The molecule has 672 valence electrons. The topological polar surface area (TPSA) is 237 Å². The minimum Gasteiger partial charge on any atom is -0.462 e. The number of carbonyl (C=O) groups excluding carboxylic acids is 4. The van der Waals surface area contributed by atoms with Crippen molar-refractivity contribution in [2.45, 2.75) is 534 Å². The predicted molar refractivity (Wildman–Crippen MR) is 469 cm³/mol. The number of phosphoric ester groups is 2. The highest BCUT2D eigenvalue weighted by Crippen LogP contribution is 2.45. The molecule has 0 saturated carbocycles. The van der Waals surface area contributed by atoms with E-state index in [1.165, 1.54) is 340 Å². The van der Waals surface area contributed by atoms with Gasteiger partial charge in [0, 0.05) is 25.7 Å². The summed E-state index contributed by atoms with van der Waals surface area (Å²) in [5.74, 6) is -1.22. The molecule has 0 aliphatic rings. The lowest BCUT2D eigenvalue weighted by molar-refractivity contribution is -0.161. The molecule has 0 amide bonds. The number of aliphatic hydroxyl groups excluding tert-OH is 1. The van der Waals surface area contributed by atoms with E-state index in [0.717, 1.165) is 95.8 Å². The first-order chi connectivity index (χ1) is 55.1. The molecular formula is C94H184O17P2. The zero-order chi connectivity index (χ0) is 82.6. The molecule has 0 aromatic heterocycles. The summed E-state index contributed by atoms with van der Waals surface area (Å²) in [6.07, 6.45) is 83.4. The maximum atomic E-state index is 13.2. The molecule has 6 atom stereocenters. The van der Waals surface area contributed by atoms with Gasteiger partial charge in [-0.05, 0) is 31.6 Å². The second-order valence-electron chi connectivity index (χ2n) is 34.0. The predicted octanol–water partition coefficient (Wildman–Crippen LogP) is 29.5. The highest BCUT2D eigenvalue weighted by atomic mass is 31.2. The van der Waals surface area contributed by atoms with Crippen LogP contribution in [0.5, 0.6) is 0 Å².